The Morgan fingerprint density at radius 1 is 1.41 bits per heavy atom. The van der Waals surface area contributed by atoms with Crippen molar-refractivity contribution in [3.05, 3.63) is 29.8 Å². The first-order valence-corrected chi connectivity index (χ1v) is 5.94. The molecule has 0 aliphatic carbocycles. The minimum absolute atomic E-state index is 0.290. The molecule has 0 unspecified atom stereocenters. The van der Waals surface area contributed by atoms with Gasteiger partial charge in [-0.25, -0.2) is 4.79 Å². The van der Waals surface area contributed by atoms with Crippen molar-refractivity contribution in [2.45, 2.75) is 13.3 Å². The Kier molecular flexibility index (Phi) is 3.34. The highest BCUT2D eigenvalue weighted by Gasteiger charge is 2.10. The first-order chi connectivity index (χ1) is 8.20. The second-order valence-corrected chi connectivity index (χ2v) is 4.33. The van der Waals surface area contributed by atoms with E-state index in [1.54, 1.807) is 0 Å². The van der Waals surface area contributed by atoms with E-state index in [0.717, 1.165) is 17.0 Å². The molecule has 17 heavy (non-hydrogen) atoms. The molecule has 1 aromatic carbocycles. The van der Waals surface area contributed by atoms with Gasteiger partial charge in [0, 0.05) is 5.56 Å². The molecule has 1 amide bonds. The Labute approximate surface area is 102 Å². The third-order valence-electron chi connectivity index (χ3n) is 2.27. The first-order valence-electron chi connectivity index (χ1n) is 5.12. The highest BCUT2D eigenvalue weighted by atomic mass is 32.1. The quantitative estimate of drug-likeness (QED) is 0.877. The highest BCUT2D eigenvalue weighted by Crippen LogP contribution is 2.29. The van der Waals surface area contributed by atoms with Crippen LogP contribution in [0.1, 0.15) is 12.5 Å². The summed E-state index contributed by atoms with van der Waals surface area (Å²) in [4.78, 5) is 10.5. The second-order valence-electron chi connectivity index (χ2n) is 3.35. The Hall–Kier alpha value is -1.95. The van der Waals surface area contributed by atoms with Crippen LogP contribution in [-0.4, -0.2) is 21.4 Å². The molecule has 0 bridgehead atoms. The van der Waals surface area contributed by atoms with Gasteiger partial charge in [0.15, 0.2) is 0 Å². The smallest absolute Gasteiger partial charge is 0.411 e. The normalized spacial score (nSPS) is 10.2. The van der Waals surface area contributed by atoms with Crippen LogP contribution in [0, 0.1) is 0 Å². The Morgan fingerprint density at radius 3 is 2.88 bits per heavy atom. The van der Waals surface area contributed by atoms with Gasteiger partial charge >= 0.3 is 6.09 Å². The molecular weight excluding hydrogens is 238 g/mol. The van der Waals surface area contributed by atoms with Gasteiger partial charge in [0.05, 0.1) is 0 Å². The van der Waals surface area contributed by atoms with Crippen molar-refractivity contribution < 1.29 is 9.90 Å². The fourth-order valence-electron chi connectivity index (χ4n) is 1.51. The predicted octanol–water partition coefficient (Wildman–Crippen LogP) is 2.86. The molecule has 0 atom stereocenters. The van der Waals surface area contributed by atoms with Crippen LogP contribution in [0.15, 0.2) is 24.3 Å². The summed E-state index contributed by atoms with van der Waals surface area (Å²) in [7, 11) is 0. The summed E-state index contributed by atoms with van der Waals surface area (Å²) in [5.41, 5.74) is 2.18. The van der Waals surface area contributed by atoms with Crippen LogP contribution in [0.4, 0.5) is 9.93 Å². The highest BCUT2D eigenvalue weighted by molar-refractivity contribution is 7.18. The molecule has 0 fully saturated rings. The molecule has 0 aliphatic heterocycles. The molecule has 1 aromatic heterocycles. The summed E-state index contributed by atoms with van der Waals surface area (Å²) in [6.07, 6.45) is -0.228. The van der Waals surface area contributed by atoms with Crippen LogP contribution in [0.5, 0.6) is 0 Å². The van der Waals surface area contributed by atoms with E-state index in [-0.39, 0.29) is 0 Å². The molecule has 1 heterocycles. The van der Waals surface area contributed by atoms with Crippen LogP contribution in [0.2, 0.25) is 0 Å². The topological polar surface area (TPSA) is 75.1 Å². The van der Waals surface area contributed by atoms with E-state index >= 15 is 0 Å². The minimum Gasteiger partial charge on any atom is -0.465 e. The van der Waals surface area contributed by atoms with Gasteiger partial charge in [0.1, 0.15) is 5.01 Å². The molecule has 0 aliphatic rings. The van der Waals surface area contributed by atoms with Crippen molar-refractivity contribution in [2.75, 3.05) is 5.32 Å². The Morgan fingerprint density at radius 2 is 2.18 bits per heavy atom. The molecule has 2 rings (SSSR count). The number of rotatable bonds is 3. The number of benzene rings is 1. The van der Waals surface area contributed by atoms with Crippen molar-refractivity contribution in [2.24, 2.45) is 0 Å². The maximum atomic E-state index is 10.5. The second kappa shape index (κ2) is 4.92. The summed E-state index contributed by atoms with van der Waals surface area (Å²) >= 11 is 1.23. The lowest BCUT2D eigenvalue weighted by molar-refractivity contribution is 0.209. The van der Waals surface area contributed by atoms with E-state index in [0.29, 0.717) is 5.13 Å². The third kappa shape index (κ3) is 2.59. The number of aryl methyl sites for hydroxylation is 1. The Bertz CT molecular complexity index is 539. The summed E-state index contributed by atoms with van der Waals surface area (Å²) < 4.78 is 0. The van der Waals surface area contributed by atoms with E-state index in [9.17, 15) is 4.79 Å². The van der Waals surface area contributed by atoms with Crippen molar-refractivity contribution in [3.8, 4) is 10.6 Å². The van der Waals surface area contributed by atoms with Gasteiger partial charge in [-0.1, -0.05) is 42.5 Å². The maximum absolute atomic E-state index is 10.5. The average Bonchev–Trinajstić information content (AvgIpc) is 2.76. The number of aromatic nitrogens is 2. The molecule has 0 saturated heterocycles. The zero-order valence-corrected chi connectivity index (χ0v) is 9.99. The Balaban J connectivity index is 2.33. The number of hydrogen-bond acceptors (Lipinski definition) is 4. The van der Waals surface area contributed by atoms with Crippen molar-refractivity contribution >= 4 is 22.6 Å². The lowest BCUT2D eigenvalue weighted by Gasteiger charge is -2.02. The standard InChI is InChI=1S/C11H11N3O2S/c1-2-7-5-3-4-6-8(7)9-13-14-10(17-9)12-11(15)16/h3-6H,2H2,1H3,(H,12,14)(H,15,16). The van der Waals surface area contributed by atoms with E-state index in [2.05, 4.69) is 22.4 Å². The van der Waals surface area contributed by atoms with Gasteiger partial charge in [-0.3, -0.25) is 5.32 Å². The van der Waals surface area contributed by atoms with E-state index in [4.69, 9.17) is 5.11 Å². The molecular formula is C11H11N3O2S. The molecule has 88 valence electrons. The average molecular weight is 249 g/mol. The van der Waals surface area contributed by atoms with E-state index in [1.165, 1.54) is 16.9 Å². The van der Waals surface area contributed by atoms with Crippen LogP contribution < -0.4 is 5.32 Å². The number of nitrogens with one attached hydrogen (secondary N) is 1. The number of hydrogen-bond donors (Lipinski definition) is 2. The minimum atomic E-state index is -1.13. The van der Waals surface area contributed by atoms with Gasteiger partial charge in [-0.15, -0.1) is 10.2 Å². The SMILES string of the molecule is CCc1ccccc1-c1nnc(NC(=O)O)s1. The van der Waals surface area contributed by atoms with Crippen LogP contribution in [0.3, 0.4) is 0 Å². The number of anilines is 1. The van der Waals surface area contributed by atoms with Crippen molar-refractivity contribution in [1.82, 2.24) is 10.2 Å². The number of amides is 1. The van der Waals surface area contributed by atoms with E-state index in [1.807, 2.05) is 24.3 Å². The number of carbonyl (C=O) groups is 1. The molecule has 6 heteroatoms. The zero-order valence-electron chi connectivity index (χ0n) is 9.17. The summed E-state index contributed by atoms with van der Waals surface area (Å²) in [6.45, 7) is 2.07. The van der Waals surface area contributed by atoms with Crippen molar-refractivity contribution in [1.29, 1.82) is 0 Å². The fraction of sp³-hybridized carbons (Fsp3) is 0.182. The summed E-state index contributed by atoms with van der Waals surface area (Å²) in [6, 6.07) is 7.89. The van der Waals surface area contributed by atoms with Gasteiger partial charge < -0.3 is 5.11 Å². The van der Waals surface area contributed by atoms with Gasteiger partial charge in [0.25, 0.3) is 0 Å². The van der Waals surface area contributed by atoms with Crippen LogP contribution >= 0.6 is 11.3 Å². The van der Waals surface area contributed by atoms with Gasteiger partial charge in [0.2, 0.25) is 5.13 Å². The number of carboxylic acid groups (broad SMARTS) is 1. The first kappa shape index (κ1) is 11.5. The third-order valence-corrected chi connectivity index (χ3v) is 3.14. The number of nitrogens with zero attached hydrogens (tertiary/aromatic N) is 2. The molecule has 5 nitrogen and oxygen atoms in total. The molecule has 2 N–H and O–H groups in total. The molecule has 0 radical (unpaired) electrons. The fourth-order valence-corrected chi connectivity index (χ4v) is 2.31. The van der Waals surface area contributed by atoms with Crippen LogP contribution in [-0.2, 0) is 6.42 Å². The van der Waals surface area contributed by atoms with Gasteiger partial charge in [-0.05, 0) is 12.0 Å². The zero-order chi connectivity index (χ0) is 12.3. The predicted molar refractivity (Wildman–Crippen MR) is 66.4 cm³/mol. The van der Waals surface area contributed by atoms with E-state index < -0.39 is 6.09 Å². The monoisotopic (exact) mass is 249 g/mol. The maximum Gasteiger partial charge on any atom is 0.411 e. The summed E-state index contributed by atoms with van der Waals surface area (Å²) in [5, 5.41) is 19.6. The largest absolute Gasteiger partial charge is 0.465 e. The lowest BCUT2D eigenvalue weighted by Crippen LogP contribution is -2.06. The van der Waals surface area contributed by atoms with Crippen LogP contribution in [0.25, 0.3) is 10.6 Å². The molecule has 2 aromatic rings. The summed E-state index contributed by atoms with van der Waals surface area (Å²) in [5.74, 6) is 0. The molecule has 0 saturated carbocycles. The lowest BCUT2D eigenvalue weighted by atomic mass is 10.1. The molecule has 0 spiro atoms. The van der Waals surface area contributed by atoms with Gasteiger partial charge in [-0.2, -0.15) is 0 Å². The van der Waals surface area contributed by atoms with Crippen molar-refractivity contribution in [3.63, 3.8) is 0 Å².